The average Bonchev–Trinajstić information content (AvgIpc) is 2.98. The number of hydrogen-bond donors (Lipinski definition) is 1. The molecule has 0 bridgehead atoms. The van der Waals surface area contributed by atoms with Crippen LogP contribution in [0.2, 0.25) is 0 Å². The van der Waals surface area contributed by atoms with Gasteiger partial charge in [0.05, 0.1) is 6.61 Å². The van der Waals surface area contributed by atoms with Gasteiger partial charge in [-0.15, -0.1) is 0 Å². The summed E-state index contributed by atoms with van der Waals surface area (Å²) in [7, 11) is 0. The molecule has 132 valence electrons. The van der Waals surface area contributed by atoms with Gasteiger partial charge in [0.25, 0.3) is 0 Å². The lowest BCUT2D eigenvalue weighted by atomic mass is 9.74. The van der Waals surface area contributed by atoms with Crippen LogP contribution >= 0.6 is 0 Å². The molecule has 2 N–H and O–H groups in total. The predicted molar refractivity (Wildman–Crippen MR) is 76.1 cm³/mol. The first-order valence-corrected chi connectivity index (χ1v) is 7.47. The number of nitrogens with two attached hydrogens (primary N) is 1. The summed E-state index contributed by atoms with van der Waals surface area (Å²) in [6, 6.07) is 2.50. The molecule has 2 heterocycles. The summed E-state index contributed by atoms with van der Waals surface area (Å²) in [6.07, 6.45) is -6.54. The molecule has 24 heavy (non-hydrogen) atoms. The molecular weight excluding hydrogens is 330 g/mol. The second-order valence-electron chi connectivity index (χ2n) is 6.89. The summed E-state index contributed by atoms with van der Waals surface area (Å²) in [5.41, 5.74) is 2.17. The van der Waals surface area contributed by atoms with Gasteiger partial charge < -0.3 is 15.2 Å². The number of benzene rings is 1. The van der Waals surface area contributed by atoms with Gasteiger partial charge >= 0.3 is 6.18 Å². The number of hydrogen-bond acceptors (Lipinski definition) is 3. The topological polar surface area (TPSA) is 64.8 Å². The van der Waals surface area contributed by atoms with E-state index >= 15 is 0 Å². The fourth-order valence-corrected chi connectivity index (χ4v) is 3.44. The zero-order chi connectivity index (χ0) is 17.9. The fourth-order valence-electron chi connectivity index (χ4n) is 3.44. The highest BCUT2D eigenvalue weighted by molar-refractivity contribution is 5.83. The van der Waals surface area contributed by atoms with Gasteiger partial charge in [-0.05, 0) is 24.0 Å². The lowest BCUT2D eigenvalue weighted by Gasteiger charge is -2.31. The Morgan fingerprint density at radius 3 is 2.58 bits per heavy atom. The zero-order valence-electron chi connectivity index (χ0n) is 13.2. The molecule has 0 radical (unpaired) electrons. The molecular formula is C16H17F4NO3. The van der Waals surface area contributed by atoms with Gasteiger partial charge in [-0.2, -0.15) is 13.2 Å². The Balaban J connectivity index is 1.99. The first kappa shape index (κ1) is 17.0. The maximum atomic E-state index is 13.9. The van der Waals surface area contributed by atoms with Crippen molar-refractivity contribution >= 4 is 5.91 Å². The monoisotopic (exact) mass is 347 g/mol. The number of ether oxygens (including phenoxy) is 2. The van der Waals surface area contributed by atoms with E-state index in [9.17, 15) is 22.4 Å². The van der Waals surface area contributed by atoms with Crippen LogP contribution in [0.1, 0.15) is 31.4 Å². The Bertz CT molecular complexity index is 701. The molecule has 1 aromatic rings. The number of carbonyl (C=O) groups is 1. The largest absolute Gasteiger partial charge is 0.493 e. The quantitative estimate of drug-likeness (QED) is 0.673. The highest BCUT2D eigenvalue weighted by Crippen LogP contribution is 2.56. The smallest absolute Gasteiger partial charge is 0.420 e. The average molecular weight is 347 g/mol. The third kappa shape index (κ3) is 2.53. The van der Waals surface area contributed by atoms with Crippen molar-refractivity contribution in [1.29, 1.82) is 0 Å². The van der Waals surface area contributed by atoms with Crippen molar-refractivity contribution < 1.29 is 31.8 Å². The molecule has 2 aliphatic heterocycles. The molecule has 1 amide bonds. The van der Waals surface area contributed by atoms with Crippen LogP contribution in [0.5, 0.6) is 5.75 Å². The number of epoxide rings is 1. The highest BCUT2D eigenvalue weighted by Gasteiger charge is 2.76. The second kappa shape index (κ2) is 5.08. The molecule has 1 aromatic carbocycles. The number of amides is 1. The van der Waals surface area contributed by atoms with E-state index in [1.54, 1.807) is 0 Å². The van der Waals surface area contributed by atoms with Crippen LogP contribution in [0.25, 0.3) is 0 Å². The van der Waals surface area contributed by atoms with E-state index in [0.717, 1.165) is 0 Å². The minimum absolute atomic E-state index is 0.331. The number of rotatable bonds is 4. The molecule has 0 aliphatic carbocycles. The molecule has 0 spiro atoms. The summed E-state index contributed by atoms with van der Waals surface area (Å²) < 4.78 is 64.4. The molecule has 2 aliphatic rings. The fraction of sp³-hybridized carbons (Fsp3) is 0.562. The maximum Gasteiger partial charge on any atom is 0.420 e. The van der Waals surface area contributed by atoms with Gasteiger partial charge in [-0.1, -0.05) is 13.8 Å². The molecule has 1 fully saturated rings. The molecule has 2 atom stereocenters. The van der Waals surface area contributed by atoms with E-state index in [0.29, 0.717) is 29.9 Å². The first-order chi connectivity index (χ1) is 11.0. The Hall–Kier alpha value is -1.83. The molecule has 4 nitrogen and oxygen atoms in total. The van der Waals surface area contributed by atoms with Crippen LogP contribution in [0.4, 0.5) is 17.6 Å². The van der Waals surface area contributed by atoms with Crippen LogP contribution in [-0.2, 0) is 21.4 Å². The Morgan fingerprint density at radius 2 is 2.04 bits per heavy atom. The van der Waals surface area contributed by atoms with Gasteiger partial charge in [-0.3, -0.25) is 4.79 Å². The Kier molecular flexibility index (Phi) is 3.60. The van der Waals surface area contributed by atoms with Crippen LogP contribution in [0.15, 0.2) is 12.1 Å². The van der Waals surface area contributed by atoms with E-state index in [2.05, 4.69) is 0 Å². The van der Waals surface area contributed by atoms with Crippen molar-refractivity contribution in [2.45, 2.75) is 50.0 Å². The summed E-state index contributed by atoms with van der Waals surface area (Å²) in [6.45, 7) is 3.43. The van der Waals surface area contributed by atoms with Gasteiger partial charge in [-0.25, -0.2) is 4.39 Å². The van der Waals surface area contributed by atoms with Gasteiger partial charge in [0.2, 0.25) is 5.91 Å². The van der Waals surface area contributed by atoms with Crippen LogP contribution in [0, 0.1) is 5.82 Å². The maximum absolute atomic E-state index is 13.9. The number of halogens is 4. The Labute approximate surface area is 135 Å². The van der Waals surface area contributed by atoms with Crippen LogP contribution < -0.4 is 10.5 Å². The van der Waals surface area contributed by atoms with E-state index < -0.39 is 41.4 Å². The van der Waals surface area contributed by atoms with Gasteiger partial charge in [0.15, 0.2) is 11.7 Å². The van der Waals surface area contributed by atoms with Crippen LogP contribution in [-0.4, -0.2) is 30.4 Å². The normalized spacial score (nSPS) is 26.0. The molecule has 1 saturated heterocycles. The van der Waals surface area contributed by atoms with Crippen molar-refractivity contribution in [1.82, 2.24) is 0 Å². The minimum Gasteiger partial charge on any atom is -0.493 e. The predicted octanol–water partition coefficient (Wildman–Crippen LogP) is 2.61. The lowest BCUT2D eigenvalue weighted by molar-refractivity contribution is -0.189. The van der Waals surface area contributed by atoms with E-state index in [1.807, 2.05) is 0 Å². The van der Waals surface area contributed by atoms with Crippen molar-refractivity contribution in [3.05, 3.63) is 29.1 Å². The van der Waals surface area contributed by atoms with E-state index in [4.69, 9.17) is 15.2 Å². The van der Waals surface area contributed by atoms with Crippen molar-refractivity contribution in [2.24, 2.45) is 5.73 Å². The van der Waals surface area contributed by atoms with Crippen molar-refractivity contribution in [3.63, 3.8) is 0 Å². The number of fused-ring (bicyclic) bond motifs is 1. The molecule has 0 aromatic heterocycles. The molecule has 1 unspecified atom stereocenters. The van der Waals surface area contributed by atoms with Crippen molar-refractivity contribution in [3.8, 4) is 5.75 Å². The van der Waals surface area contributed by atoms with Crippen molar-refractivity contribution in [2.75, 3.05) is 6.61 Å². The minimum atomic E-state index is -4.76. The number of primary amides is 1. The van der Waals surface area contributed by atoms with E-state index in [-0.39, 0.29) is 0 Å². The summed E-state index contributed by atoms with van der Waals surface area (Å²) in [5, 5.41) is 0. The van der Waals surface area contributed by atoms with E-state index in [1.165, 1.54) is 26.0 Å². The zero-order valence-corrected chi connectivity index (χ0v) is 13.2. The first-order valence-electron chi connectivity index (χ1n) is 7.47. The van der Waals surface area contributed by atoms with Gasteiger partial charge in [0.1, 0.15) is 11.6 Å². The molecule has 0 saturated carbocycles. The summed E-state index contributed by atoms with van der Waals surface area (Å²) in [4.78, 5) is 11.2. The number of carbonyl (C=O) groups excluding carboxylic acids is 1. The van der Waals surface area contributed by atoms with Crippen LogP contribution in [0.3, 0.4) is 0 Å². The standard InChI is InChI=1S/C16H17F4NO3/c1-14(2,7-15(16(18,19)20)12(24-15)13(21)22)10-6-9(17)5-8-3-4-23-11(8)10/h5-6,12H,3-4,7H2,1-2H3,(H2,21,22)/t12-,15?/m1/s1. The molecule has 8 heteroatoms. The summed E-state index contributed by atoms with van der Waals surface area (Å²) >= 11 is 0. The SMILES string of the molecule is CC(C)(CC1(C(F)(F)F)O[C@@H]1C(N)=O)c1cc(F)cc2c1OCC2. The lowest BCUT2D eigenvalue weighted by Crippen LogP contribution is -2.43. The van der Waals surface area contributed by atoms with Gasteiger partial charge in [0, 0.05) is 17.5 Å². The highest BCUT2D eigenvalue weighted by atomic mass is 19.4. The summed E-state index contributed by atoms with van der Waals surface area (Å²) in [5.74, 6) is -1.29. The molecule has 3 rings (SSSR count). The number of alkyl halides is 3. The third-order valence-corrected chi connectivity index (χ3v) is 4.61. The Morgan fingerprint density at radius 1 is 1.38 bits per heavy atom. The third-order valence-electron chi connectivity index (χ3n) is 4.61. The second-order valence-corrected chi connectivity index (χ2v) is 6.89.